The van der Waals surface area contributed by atoms with Gasteiger partial charge in [-0.1, -0.05) is 11.6 Å². The second-order valence-electron chi connectivity index (χ2n) is 4.99. The molecule has 1 aromatic rings. The van der Waals surface area contributed by atoms with Crippen LogP contribution in [0.3, 0.4) is 0 Å². The van der Waals surface area contributed by atoms with Crippen LogP contribution in [0.4, 0.5) is 8.78 Å². The number of carbonyl (C=O) groups excluding carboxylic acids is 1. The van der Waals surface area contributed by atoms with Gasteiger partial charge in [0.1, 0.15) is 5.82 Å². The number of carbonyl (C=O) groups is 1. The van der Waals surface area contributed by atoms with Crippen LogP contribution in [-0.4, -0.2) is 40.8 Å². The molecule has 1 saturated heterocycles. The summed E-state index contributed by atoms with van der Waals surface area (Å²) in [5, 5.41) is 17.8. The van der Waals surface area contributed by atoms with Crippen molar-refractivity contribution in [3.8, 4) is 6.07 Å². The SMILES string of the molecule is N#CC(O)C1(F)CCN(C(=O)c2ccc(F)c(Cl)c2)CC1. The third-order valence-electron chi connectivity index (χ3n) is 3.66. The van der Waals surface area contributed by atoms with Crippen molar-refractivity contribution < 1.29 is 18.7 Å². The number of aliphatic hydroxyl groups excluding tert-OH is 1. The van der Waals surface area contributed by atoms with E-state index in [1.54, 1.807) is 0 Å². The first-order chi connectivity index (χ1) is 9.87. The maximum absolute atomic E-state index is 14.2. The lowest BCUT2D eigenvalue weighted by atomic mass is 9.88. The summed E-state index contributed by atoms with van der Waals surface area (Å²) in [6.07, 6.45) is -1.94. The van der Waals surface area contributed by atoms with Crippen molar-refractivity contribution in [2.75, 3.05) is 13.1 Å². The predicted molar refractivity (Wildman–Crippen MR) is 72.0 cm³/mol. The highest BCUT2D eigenvalue weighted by Crippen LogP contribution is 2.30. The zero-order valence-corrected chi connectivity index (χ0v) is 11.8. The van der Waals surface area contributed by atoms with Crippen molar-refractivity contribution in [2.45, 2.75) is 24.6 Å². The molecular formula is C14H13ClF2N2O2. The van der Waals surface area contributed by atoms with Gasteiger partial charge in [-0.25, -0.2) is 8.78 Å². The number of hydrogen-bond donors (Lipinski definition) is 1. The maximum Gasteiger partial charge on any atom is 0.253 e. The molecule has 1 atom stereocenters. The fourth-order valence-electron chi connectivity index (χ4n) is 2.28. The number of amides is 1. The molecule has 2 rings (SSSR count). The second-order valence-corrected chi connectivity index (χ2v) is 5.39. The lowest BCUT2D eigenvalue weighted by Crippen LogP contribution is -2.49. The van der Waals surface area contributed by atoms with Crippen molar-refractivity contribution in [1.29, 1.82) is 5.26 Å². The minimum Gasteiger partial charge on any atom is -0.375 e. The number of alkyl halides is 1. The van der Waals surface area contributed by atoms with Crippen LogP contribution in [0.5, 0.6) is 0 Å². The van der Waals surface area contributed by atoms with Crippen LogP contribution in [0.25, 0.3) is 0 Å². The number of piperidine rings is 1. The highest BCUT2D eigenvalue weighted by atomic mass is 35.5. The molecule has 0 spiro atoms. The predicted octanol–water partition coefficient (Wildman–Crippen LogP) is 2.31. The third-order valence-corrected chi connectivity index (χ3v) is 3.95. The molecule has 112 valence electrons. The number of rotatable bonds is 2. The minimum absolute atomic E-state index is 0.0725. The Morgan fingerprint density at radius 1 is 1.48 bits per heavy atom. The van der Waals surface area contributed by atoms with Gasteiger partial charge in [0.2, 0.25) is 0 Å². The van der Waals surface area contributed by atoms with E-state index in [1.807, 2.05) is 0 Å². The number of likely N-dealkylation sites (tertiary alicyclic amines) is 1. The fraction of sp³-hybridized carbons (Fsp3) is 0.429. The van der Waals surface area contributed by atoms with E-state index in [0.717, 1.165) is 6.07 Å². The van der Waals surface area contributed by atoms with Crippen LogP contribution >= 0.6 is 11.6 Å². The van der Waals surface area contributed by atoms with Gasteiger partial charge in [-0.3, -0.25) is 4.79 Å². The van der Waals surface area contributed by atoms with Crippen LogP contribution < -0.4 is 0 Å². The molecule has 0 saturated carbocycles. The van der Waals surface area contributed by atoms with Crippen LogP contribution in [0.1, 0.15) is 23.2 Å². The topological polar surface area (TPSA) is 64.3 Å². The number of benzene rings is 1. The Balaban J connectivity index is 2.07. The van der Waals surface area contributed by atoms with Crippen molar-refractivity contribution >= 4 is 17.5 Å². The monoisotopic (exact) mass is 314 g/mol. The van der Waals surface area contributed by atoms with E-state index in [1.165, 1.54) is 23.1 Å². The van der Waals surface area contributed by atoms with Gasteiger partial charge in [0, 0.05) is 31.5 Å². The normalized spacial score (nSPS) is 18.9. The molecule has 0 radical (unpaired) electrons. The van der Waals surface area contributed by atoms with Gasteiger partial charge in [0.25, 0.3) is 5.91 Å². The summed E-state index contributed by atoms with van der Waals surface area (Å²) in [4.78, 5) is 13.6. The molecule has 1 unspecified atom stereocenters. The minimum atomic E-state index is -1.99. The smallest absolute Gasteiger partial charge is 0.253 e. The van der Waals surface area contributed by atoms with Crippen molar-refractivity contribution in [2.24, 2.45) is 0 Å². The van der Waals surface area contributed by atoms with Crippen LogP contribution in [0.2, 0.25) is 5.02 Å². The quantitative estimate of drug-likeness (QED) is 0.852. The molecule has 0 aromatic heterocycles. The van der Waals surface area contributed by atoms with Crippen molar-refractivity contribution in [3.05, 3.63) is 34.6 Å². The molecule has 1 aliphatic heterocycles. The molecular weight excluding hydrogens is 302 g/mol. The average Bonchev–Trinajstić information content (AvgIpc) is 2.49. The number of aliphatic hydroxyl groups is 1. The molecule has 1 aliphatic rings. The zero-order chi connectivity index (χ0) is 15.6. The molecule has 1 heterocycles. The molecule has 21 heavy (non-hydrogen) atoms. The number of nitrogens with zero attached hydrogens (tertiary/aromatic N) is 2. The largest absolute Gasteiger partial charge is 0.375 e. The van der Waals surface area contributed by atoms with Crippen molar-refractivity contribution in [3.63, 3.8) is 0 Å². The van der Waals surface area contributed by atoms with E-state index in [-0.39, 0.29) is 42.4 Å². The van der Waals surface area contributed by atoms with E-state index in [9.17, 15) is 18.7 Å². The lowest BCUT2D eigenvalue weighted by molar-refractivity contribution is -0.0201. The summed E-state index contributed by atoms with van der Waals surface area (Å²) < 4.78 is 27.3. The van der Waals surface area contributed by atoms with E-state index in [4.69, 9.17) is 16.9 Å². The van der Waals surface area contributed by atoms with Gasteiger partial charge in [0.05, 0.1) is 11.1 Å². The highest BCUT2D eigenvalue weighted by molar-refractivity contribution is 6.31. The van der Waals surface area contributed by atoms with E-state index < -0.39 is 17.6 Å². The molecule has 0 aliphatic carbocycles. The summed E-state index contributed by atoms with van der Waals surface area (Å²) in [6.45, 7) is 0.145. The van der Waals surface area contributed by atoms with E-state index in [2.05, 4.69) is 0 Å². The third kappa shape index (κ3) is 3.14. The van der Waals surface area contributed by atoms with Gasteiger partial charge in [-0.05, 0) is 18.2 Å². The molecule has 1 aromatic carbocycles. The lowest BCUT2D eigenvalue weighted by Gasteiger charge is -2.37. The Bertz CT molecular complexity index is 595. The molecule has 1 amide bonds. The fourth-order valence-corrected chi connectivity index (χ4v) is 2.46. The van der Waals surface area contributed by atoms with E-state index in [0.29, 0.717) is 0 Å². The Kier molecular flexibility index (Phi) is 4.45. The highest BCUT2D eigenvalue weighted by Gasteiger charge is 2.42. The Morgan fingerprint density at radius 3 is 2.62 bits per heavy atom. The second kappa shape index (κ2) is 5.96. The van der Waals surface area contributed by atoms with Gasteiger partial charge in [0.15, 0.2) is 11.8 Å². The van der Waals surface area contributed by atoms with E-state index >= 15 is 0 Å². The summed E-state index contributed by atoms with van der Waals surface area (Å²) >= 11 is 5.63. The summed E-state index contributed by atoms with van der Waals surface area (Å²) in [7, 11) is 0. The van der Waals surface area contributed by atoms with Gasteiger partial charge < -0.3 is 10.0 Å². The average molecular weight is 315 g/mol. The Hall–Kier alpha value is -1.71. The summed E-state index contributed by atoms with van der Waals surface area (Å²) in [5.41, 5.74) is -1.78. The zero-order valence-electron chi connectivity index (χ0n) is 11.0. The Labute approximate surface area is 125 Å². The summed E-state index contributed by atoms with van der Waals surface area (Å²) in [5.74, 6) is -1.00. The molecule has 7 heteroatoms. The maximum atomic E-state index is 14.2. The molecule has 4 nitrogen and oxygen atoms in total. The van der Waals surface area contributed by atoms with Crippen LogP contribution in [0, 0.1) is 17.1 Å². The van der Waals surface area contributed by atoms with Crippen molar-refractivity contribution in [1.82, 2.24) is 4.90 Å². The number of nitriles is 1. The van der Waals surface area contributed by atoms with Crippen LogP contribution in [0.15, 0.2) is 18.2 Å². The molecule has 1 N–H and O–H groups in total. The standard InChI is InChI=1S/C14H13ClF2N2O2/c15-10-7-9(1-2-11(10)16)13(21)19-5-3-14(17,4-6-19)12(20)8-18/h1-2,7,12,20H,3-6H2. The first-order valence-electron chi connectivity index (χ1n) is 6.38. The number of hydrogen-bond acceptors (Lipinski definition) is 3. The first kappa shape index (κ1) is 15.7. The van der Waals surface area contributed by atoms with Gasteiger partial charge >= 0.3 is 0 Å². The van der Waals surface area contributed by atoms with Gasteiger partial charge in [-0.2, -0.15) is 5.26 Å². The summed E-state index contributed by atoms with van der Waals surface area (Å²) in [6, 6.07) is 5.11. The molecule has 1 fully saturated rings. The van der Waals surface area contributed by atoms with Gasteiger partial charge in [-0.15, -0.1) is 0 Å². The first-order valence-corrected chi connectivity index (χ1v) is 6.76. The van der Waals surface area contributed by atoms with Crippen LogP contribution in [-0.2, 0) is 0 Å². The molecule has 0 bridgehead atoms. The number of halogens is 3. The Morgan fingerprint density at radius 2 is 2.10 bits per heavy atom.